The predicted octanol–water partition coefficient (Wildman–Crippen LogP) is 6.06. The van der Waals surface area contributed by atoms with E-state index < -0.39 is 6.10 Å². The minimum atomic E-state index is -0.762. The number of anilines is 1. The lowest BCUT2D eigenvalue weighted by molar-refractivity contribution is -0.122. The van der Waals surface area contributed by atoms with Crippen LogP contribution < -0.4 is 10.1 Å². The Kier molecular flexibility index (Phi) is 7.94. The zero-order valence-corrected chi connectivity index (χ0v) is 18.5. The number of nitrogens with zero attached hydrogens (tertiary/aromatic N) is 2. The highest BCUT2D eigenvalue weighted by Crippen LogP contribution is 2.29. The number of hydrogen-bond donors (Lipinski definition) is 1. The van der Waals surface area contributed by atoms with Crippen LogP contribution in [0.2, 0.25) is 10.0 Å². The molecule has 0 aliphatic rings. The molecule has 0 spiro atoms. The molecule has 3 aromatic rings. The van der Waals surface area contributed by atoms with Gasteiger partial charge >= 0.3 is 0 Å². The molecule has 9 heteroatoms. The van der Waals surface area contributed by atoms with Crippen molar-refractivity contribution >= 4 is 63.4 Å². The Labute approximate surface area is 187 Å². The number of ether oxygens (including phenoxy) is 1. The van der Waals surface area contributed by atoms with Gasteiger partial charge in [0.25, 0.3) is 5.91 Å². The molecular formula is C20H17Cl2N3O2S2. The molecule has 1 unspecified atom stereocenters. The van der Waals surface area contributed by atoms with E-state index in [1.165, 1.54) is 11.3 Å². The summed E-state index contributed by atoms with van der Waals surface area (Å²) in [5, 5.41) is 12.1. The molecule has 0 aliphatic carbocycles. The number of amides is 1. The normalized spacial score (nSPS) is 12.1. The third kappa shape index (κ3) is 6.75. The maximum atomic E-state index is 12.3. The first kappa shape index (κ1) is 21.6. The van der Waals surface area contributed by atoms with Crippen LogP contribution in [0.3, 0.4) is 0 Å². The van der Waals surface area contributed by atoms with E-state index in [0.717, 1.165) is 15.7 Å². The van der Waals surface area contributed by atoms with Crippen LogP contribution in [0.4, 0.5) is 5.13 Å². The van der Waals surface area contributed by atoms with Crippen molar-refractivity contribution in [3.8, 4) is 5.75 Å². The molecule has 5 nitrogen and oxygen atoms in total. The lowest BCUT2D eigenvalue weighted by Crippen LogP contribution is -2.30. The molecule has 0 bridgehead atoms. The van der Waals surface area contributed by atoms with Gasteiger partial charge in [-0.25, -0.2) is 0 Å². The Morgan fingerprint density at radius 1 is 1.24 bits per heavy atom. The van der Waals surface area contributed by atoms with Crippen molar-refractivity contribution in [2.75, 3.05) is 11.1 Å². The second-order valence-electron chi connectivity index (χ2n) is 5.82. The number of carbonyl (C=O) groups is 1. The van der Waals surface area contributed by atoms with Crippen molar-refractivity contribution in [1.82, 2.24) is 10.2 Å². The van der Waals surface area contributed by atoms with Gasteiger partial charge in [-0.2, -0.15) is 0 Å². The fourth-order valence-corrected chi connectivity index (χ4v) is 4.25. The first-order chi connectivity index (χ1) is 14.0. The van der Waals surface area contributed by atoms with Crippen LogP contribution in [0.25, 0.3) is 6.08 Å². The Balaban J connectivity index is 1.48. The molecule has 3 rings (SSSR count). The van der Waals surface area contributed by atoms with Crippen molar-refractivity contribution in [1.29, 1.82) is 0 Å². The van der Waals surface area contributed by atoms with Gasteiger partial charge in [0.05, 0.1) is 5.02 Å². The number of hydrogen-bond acceptors (Lipinski definition) is 6. The first-order valence-electron chi connectivity index (χ1n) is 8.62. The molecule has 0 fully saturated rings. The Bertz CT molecular complexity index is 996. The summed E-state index contributed by atoms with van der Waals surface area (Å²) >= 11 is 14.8. The number of aromatic nitrogens is 2. The Morgan fingerprint density at radius 2 is 2.03 bits per heavy atom. The molecule has 1 atom stereocenters. The molecule has 2 aromatic carbocycles. The maximum Gasteiger partial charge on any atom is 0.266 e. The Hall–Kier alpha value is -2.06. The molecule has 150 valence electrons. The van der Waals surface area contributed by atoms with Crippen molar-refractivity contribution in [3.05, 3.63) is 70.2 Å². The molecule has 29 heavy (non-hydrogen) atoms. The van der Waals surface area contributed by atoms with Gasteiger partial charge in [0.2, 0.25) is 5.13 Å². The van der Waals surface area contributed by atoms with E-state index in [9.17, 15) is 4.79 Å². The van der Waals surface area contributed by atoms with Gasteiger partial charge in [-0.15, -0.1) is 10.2 Å². The second kappa shape index (κ2) is 10.6. The summed E-state index contributed by atoms with van der Waals surface area (Å²) in [5.74, 6) is 0.802. The van der Waals surface area contributed by atoms with Gasteiger partial charge in [0, 0.05) is 10.8 Å². The summed E-state index contributed by atoms with van der Waals surface area (Å²) in [7, 11) is 0. The largest absolute Gasteiger partial charge is 0.479 e. The van der Waals surface area contributed by atoms with Crippen LogP contribution in [0, 0.1) is 0 Å². The van der Waals surface area contributed by atoms with E-state index in [1.54, 1.807) is 36.9 Å². The predicted molar refractivity (Wildman–Crippen MR) is 121 cm³/mol. The summed E-state index contributed by atoms with van der Waals surface area (Å²) in [6.07, 6.45) is 3.35. The molecule has 1 aromatic heterocycles. The van der Waals surface area contributed by atoms with Crippen LogP contribution in [-0.2, 0) is 4.79 Å². The number of thioether (sulfide) groups is 1. The lowest BCUT2D eigenvalue weighted by Gasteiger charge is -2.14. The van der Waals surface area contributed by atoms with Crippen LogP contribution in [-0.4, -0.2) is 28.0 Å². The first-order valence-corrected chi connectivity index (χ1v) is 11.2. The number of carbonyl (C=O) groups excluding carboxylic acids is 1. The zero-order chi connectivity index (χ0) is 20.6. The lowest BCUT2D eigenvalue weighted by atomic mass is 10.2. The molecular weight excluding hydrogens is 449 g/mol. The van der Waals surface area contributed by atoms with Crippen LogP contribution in [0.5, 0.6) is 5.75 Å². The van der Waals surface area contributed by atoms with Crippen LogP contribution >= 0.6 is 46.3 Å². The number of halogens is 2. The van der Waals surface area contributed by atoms with E-state index in [2.05, 4.69) is 27.7 Å². The average Bonchev–Trinajstić information content (AvgIpc) is 3.15. The van der Waals surface area contributed by atoms with Gasteiger partial charge in [-0.05, 0) is 30.7 Å². The summed E-state index contributed by atoms with van der Waals surface area (Å²) in [6, 6.07) is 14.9. The zero-order valence-electron chi connectivity index (χ0n) is 15.3. The number of rotatable bonds is 8. The third-order valence-electron chi connectivity index (χ3n) is 3.62. The summed E-state index contributed by atoms with van der Waals surface area (Å²) < 4.78 is 6.37. The molecule has 1 amide bonds. The summed E-state index contributed by atoms with van der Waals surface area (Å²) in [6.45, 7) is 1.63. The highest BCUT2D eigenvalue weighted by Gasteiger charge is 2.18. The molecule has 0 aliphatic heterocycles. The van der Waals surface area contributed by atoms with E-state index in [4.69, 9.17) is 27.9 Å². The average molecular weight is 466 g/mol. The third-order valence-corrected chi connectivity index (χ3v) is 6.07. The van der Waals surface area contributed by atoms with Gasteiger partial charge in [0.1, 0.15) is 5.75 Å². The van der Waals surface area contributed by atoms with E-state index in [-0.39, 0.29) is 5.91 Å². The smallest absolute Gasteiger partial charge is 0.266 e. The van der Waals surface area contributed by atoms with Crippen LogP contribution in [0.15, 0.2) is 58.9 Å². The summed E-state index contributed by atoms with van der Waals surface area (Å²) in [5.41, 5.74) is 1.15. The van der Waals surface area contributed by atoms with Crippen molar-refractivity contribution in [2.45, 2.75) is 17.4 Å². The van der Waals surface area contributed by atoms with E-state index >= 15 is 0 Å². The Morgan fingerprint density at radius 3 is 2.79 bits per heavy atom. The van der Waals surface area contributed by atoms with Gasteiger partial charge < -0.3 is 4.74 Å². The second-order valence-corrected chi connectivity index (χ2v) is 8.91. The van der Waals surface area contributed by atoms with Crippen molar-refractivity contribution in [3.63, 3.8) is 0 Å². The fourth-order valence-electron chi connectivity index (χ4n) is 2.21. The molecule has 0 radical (unpaired) electrons. The topological polar surface area (TPSA) is 64.1 Å². The monoisotopic (exact) mass is 465 g/mol. The molecule has 0 saturated heterocycles. The highest BCUT2D eigenvalue weighted by atomic mass is 35.5. The van der Waals surface area contributed by atoms with E-state index in [0.29, 0.717) is 20.9 Å². The highest BCUT2D eigenvalue weighted by molar-refractivity contribution is 8.01. The quantitative estimate of drug-likeness (QED) is 0.323. The fraction of sp³-hybridized carbons (Fsp3) is 0.150. The molecule has 1 heterocycles. The number of benzene rings is 2. The minimum absolute atomic E-state index is 0.340. The van der Waals surface area contributed by atoms with Crippen molar-refractivity contribution < 1.29 is 9.53 Å². The van der Waals surface area contributed by atoms with Gasteiger partial charge in [-0.1, -0.05) is 88.8 Å². The van der Waals surface area contributed by atoms with Crippen LogP contribution in [0.1, 0.15) is 12.5 Å². The van der Waals surface area contributed by atoms with Gasteiger partial charge in [0.15, 0.2) is 10.4 Å². The SMILES string of the molecule is CC(Oc1ccc(Cl)cc1Cl)C(=O)Nc1nnc(SC/C=C/c2ccccc2)s1. The maximum absolute atomic E-state index is 12.3. The number of nitrogens with one attached hydrogen (secondary N) is 1. The summed E-state index contributed by atoms with van der Waals surface area (Å²) in [4.78, 5) is 12.3. The minimum Gasteiger partial charge on any atom is -0.479 e. The molecule has 0 saturated carbocycles. The standard InChI is InChI=1S/C20H17Cl2N3O2S2/c1-13(27-17-10-9-15(21)12-16(17)22)18(26)23-19-24-25-20(29-19)28-11-5-8-14-6-3-2-4-7-14/h2-10,12-13H,11H2,1H3,(H,23,24,26)/b8-5+. The molecule has 1 N–H and O–H groups in total. The van der Waals surface area contributed by atoms with Gasteiger partial charge in [-0.3, -0.25) is 10.1 Å². The van der Waals surface area contributed by atoms with Crippen molar-refractivity contribution in [2.24, 2.45) is 0 Å². The van der Waals surface area contributed by atoms with E-state index in [1.807, 2.05) is 30.3 Å².